The van der Waals surface area contributed by atoms with Crippen molar-refractivity contribution in [3.63, 3.8) is 0 Å². The number of esters is 1. The van der Waals surface area contributed by atoms with Gasteiger partial charge in [0.05, 0.1) is 12.7 Å². The van der Waals surface area contributed by atoms with Crippen molar-refractivity contribution < 1.29 is 14.3 Å². The Bertz CT molecular complexity index is 310. The summed E-state index contributed by atoms with van der Waals surface area (Å²) in [6, 6.07) is 0. The second kappa shape index (κ2) is 4.25. The Hall–Kier alpha value is -0.610. The monoisotopic (exact) mass is 241 g/mol. The van der Waals surface area contributed by atoms with Crippen LogP contribution in [0, 0.1) is 5.41 Å². The summed E-state index contributed by atoms with van der Waals surface area (Å²) in [5.74, 6) is -0.109. The van der Waals surface area contributed by atoms with Gasteiger partial charge in [0.1, 0.15) is 11.6 Å². The van der Waals surface area contributed by atoms with Crippen LogP contribution in [0.1, 0.15) is 47.0 Å². The molecule has 0 radical (unpaired) electrons. The van der Waals surface area contributed by atoms with E-state index in [9.17, 15) is 4.79 Å². The zero-order valence-electron chi connectivity index (χ0n) is 11.2. The summed E-state index contributed by atoms with van der Waals surface area (Å²) in [4.78, 5) is 12.0. The van der Waals surface area contributed by atoms with E-state index in [0.29, 0.717) is 6.61 Å². The minimum Gasteiger partial charge on any atom is -0.465 e. The molecule has 1 saturated heterocycles. The molecular formula is C13H23NO3. The summed E-state index contributed by atoms with van der Waals surface area (Å²) in [5, 5.41) is 3.44. The Kier molecular flexibility index (Phi) is 3.21. The van der Waals surface area contributed by atoms with Crippen LogP contribution in [-0.2, 0) is 14.3 Å². The molecule has 0 bridgehead atoms. The molecule has 2 atom stereocenters. The highest BCUT2D eigenvalue weighted by Crippen LogP contribution is 2.52. The van der Waals surface area contributed by atoms with E-state index >= 15 is 0 Å². The molecule has 1 heterocycles. The van der Waals surface area contributed by atoms with Crippen molar-refractivity contribution in [1.82, 2.24) is 5.32 Å². The van der Waals surface area contributed by atoms with Crippen LogP contribution in [0.3, 0.4) is 0 Å². The first-order chi connectivity index (χ1) is 7.89. The first-order valence-corrected chi connectivity index (χ1v) is 6.50. The molecule has 0 spiro atoms. The number of hydrogen-bond donors (Lipinski definition) is 1. The lowest BCUT2D eigenvalue weighted by atomic mass is 9.92. The van der Waals surface area contributed by atoms with E-state index in [0.717, 1.165) is 19.3 Å². The smallest absolute Gasteiger partial charge is 0.316 e. The quantitative estimate of drug-likeness (QED) is 0.766. The molecule has 1 aliphatic heterocycles. The maximum atomic E-state index is 12.0. The molecule has 4 nitrogen and oxygen atoms in total. The van der Waals surface area contributed by atoms with Gasteiger partial charge < -0.3 is 9.47 Å². The average molecular weight is 241 g/mol. The molecule has 1 aliphatic carbocycles. The van der Waals surface area contributed by atoms with Crippen LogP contribution in [0.25, 0.3) is 0 Å². The highest BCUT2D eigenvalue weighted by atomic mass is 16.5. The van der Waals surface area contributed by atoms with E-state index in [1.54, 1.807) is 0 Å². The van der Waals surface area contributed by atoms with E-state index < -0.39 is 5.41 Å². The van der Waals surface area contributed by atoms with E-state index in [-0.39, 0.29) is 23.8 Å². The highest BCUT2D eigenvalue weighted by Gasteiger charge is 2.60. The summed E-state index contributed by atoms with van der Waals surface area (Å²) >= 11 is 0. The second-order valence-corrected chi connectivity index (χ2v) is 5.94. The second-order valence-electron chi connectivity index (χ2n) is 5.94. The summed E-state index contributed by atoms with van der Waals surface area (Å²) in [6.07, 6.45) is 2.68. The third-order valence-electron chi connectivity index (χ3n) is 3.66. The Balaban J connectivity index is 2.09. The summed E-state index contributed by atoms with van der Waals surface area (Å²) in [7, 11) is 0. The van der Waals surface area contributed by atoms with Crippen LogP contribution < -0.4 is 5.32 Å². The highest BCUT2D eigenvalue weighted by molar-refractivity contribution is 5.80. The maximum Gasteiger partial charge on any atom is 0.316 e. The van der Waals surface area contributed by atoms with Crippen molar-refractivity contribution in [2.45, 2.75) is 64.8 Å². The largest absolute Gasteiger partial charge is 0.465 e. The molecule has 0 aromatic rings. The van der Waals surface area contributed by atoms with Crippen LogP contribution in [0.2, 0.25) is 0 Å². The van der Waals surface area contributed by atoms with Gasteiger partial charge in [0, 0.05) is 5.54 Å². The maximum absolute atomic E-state index is 12.0. The normalized spacial score (nSPS) is 34.1. The van der Waals surface area contributed by atoms with Crippen molar-refractivity contribution in [3.8, 4) is 0 Å². The molecule has 98 valence electrons. The van der Waals surface area contributed by atoms with E-state index in [1.165, 1.54) is 0 Å². The lowest BCUT2D eigenvalue weighted by Crippen LogP contribution is -2.59. The van der Waals surface area contributed by atoms with Gasteiger partial charge in [0.25, 0.3) is 0 Å². The van der Waals surface area contributed by atoms with E-state index in [4.69, 9.17) is 9.47 Å². The molecule has 0 aromatic carbocycles. The summed E-state index contributed by atoms with van der Waals surface area (Å²) < 4.78 is 11.1. The average Bonchev–Trinajstić information content (AvgIpc) is 2.95. The van der Waals surface area contributed by atoms with Crippen molar-refractivity contribution in [3.05, 3.63) is 0 Å². The Morgan fingerprint density at radius 3 is 2.59 bits per heavy atom. The molecule has 0 unspecified atom stereocenters. The first-order valence-electron chi connectivity index (χ1n) is 6.50. The molecule has 1 saturated carbocycles. The molecule has 2 rings (SSSR count). The predicted octanol–water partition coefficient (Wildman–Crippen LogP) is 1.83. The van der Waals surface area contributed by atoms with Gasteiger partial charge in [-0.1, -0.05) is 0 Å². The summed E-state index contributed by atoms with van der Waals surface area (Å²) in [5.41, 5.74) is -0.410. The Labute approximate surface area is 103 Å². The van der Waals surface area contributed by atoms with Crippen molar-refractivity contribution in [1.29, 1.82) is 0 Å². The van der Waals surface area contributed by atoms with Crippen LogP contribution >= 0.6 is 0 Å². The molecular weight excluding hydrogens is 218 g/mol. The van der Waals surface area contributed by atoms with Gasteiger partial charge >= 0.3 is 5.97 Å². The molecule has 2 fully saturated rings. The topological polar surface area (TPSA) is 47.6 Å². The zero-order chi connectivity index (χ0) is 12.7. The molecule has 0 aromatic heterocycles. The number of carbonyl (C=O) groups is 1. The fourth-order valence-electron chi connectivity index (χ4n) is 2.70. The van der Waals surface area contributed by atoms with E-state index in [1.807, 2.05) is 6.92 Å². The van der Waals surface area contributed by atoms with Gasteiger partial charge in [-0.05, 0) is 47.0 Å². The standard InChI is InChI=1S/C13H23NO3/c1-5-16-11(15)13(6-7-13)10-14-12(3,4)8-9(2)17-10/h9-10,14H,5-8H2,1-4H3/t9-,10+/m1/s1. The Morgan fingerprint density at radius 1 is 1.47 bits per heavy atom. The number of hydrogen-bond acceptors (Lipinski definition) is 4. The minimum atomic E-state index is -0.429. The van der Waals surface area contributed by atoms with Gasteiger partial charge in [-0.15, -0.1) is 0 Å². The molecule has 2 aliphatic rings. The molecule has 4 heteroatoms. The summed E-state index contributed by atoms with van der Waals surface area (Å²) in [6.45, 7) is 8.65. The number of nitrogens with one attached hydrogen (secondary N) is 1. The van der Waals surface area contributed by atoms with Crippen molar-refractivity contribution in [2.24, 2.45) is 5.41 Å². The van der Waals surface area contributed by atoms with E-state index in [2.05, 4.69) is 26.1 Å². The third kappa shape index (κ3) is 2.47. The Morgan fingerprint density at radius 2 is 2.12 bits per heavy atom. The number of carbonyl (C=O) groups excluding carboxylic acids is 1. The van der Waals surface area contributed by atoms with Crippen LogP contribution in [0.4, 0.5) is 0 Å². The van der Waals surface area contributed by atoms with Crippen molar-refractivity contribution >= 4 is 5.97 Å². The van der Waals surface area contributed by atoms with Crippen LogP contribution in [-0.4, -0.2) is 30.4 Å². The fraction of sp³-hybridized carbons (Fsp3) is 0.923. The first kappa shape index (κ1) is 12.8. The van der Waals surface area contributed by atoms with Gasteiger partial charge in [-0.3, -0.25) is 10.1 Å². The number of ether oxygens (including phenoxy) is 2. The zero-order valence-corrected chi connectivity index (χ0v) is 11.2. The van der Waals surface area contributed by atoms with Crippen LogP contribution in [0.15, 0.2) is 0 Å². The SMILES string of the molecule is CCOC(=O)C1([C@H]2NC(C)(C)C[C@@H](C)O2)CC1. The molecule has 1 N–H and O–H groups in total. The van der Waals surface area contributed by atoms with Gasteiger partial charge in [-0.25, -0.2) is 0 Å². The lowest BCUT2D eigenvalue weighted by Gasteiger charge is -2.43. The van der Waals surface area contributed by atoms with Crippen molar-refractivity contribution in [2.75, 3.05) is 6.61 Å². The molecule has 0 amide bonds. The third-order valence-corrected chi connectivity index (χ3v) is 3.66. The van der Waals surface area contributed by atoms with Gasteiger partial charge in [0.2, 0.25) is 0 Å². The van der Waals surface area contributed by atoms with Crippen LogP contribution in [0.5, 0.6) is 0 Å². The lowest BCUT2D eigenvalue weighted by molar-refractivity contribution is -0.169. The fourth-order valence-corrected chi connectivity index (χ4v) is 2.70. The predicted molar refractivity (Wildman–Crippen MR) is 64.5 cm³/mol. The van der Waals surface area contributed by atoms with Gasteiger partial charge in [-0.2, -0.15) is 0 Å². The number of rotatable bonds is 3. The minimum absolute atomic E-state index is 0.0183. The molecule has 17 heavy (non-hydrogen) atoms. The van der Waals surface area contributed by atoms with Gasteiger partial charge in [0.15, 0.2) is 0 Å².